The van der Waals surface area contributed by atoms with Crippen LogP contribution >= 0.6 is 11.3 Å². The van der Waals surface area contributed by atoms with Gasteiger partial charge in [-0.15, -0.1) is 15.3 Å². The maximum atomic E-state index is 5.80. The molecule has 2 aromatic heterocycles. The molecule has 0 aromatic carbocycles. The Bertz CT molecular complexity index is 596. The molecule has 1 fully saturated rings. The number of hydrogen-bond acceptors (Lipinski definition) is 9. The smallest absolute Gasteiger partial charge is 0.294 e. The first-order valence-corrected chi connectivity index (χ1v) is 8.46. The largest absolute Gasteiger partial charge is 0.469 e. The van der Waals surface area contributed by atoms with Gasteiger partial charge in [-0.3, -0.25) is 4.90 Å². The molecule has 1 atom stereocenters. The zero-order valence-corrected chi connectivity index (χ0v) is 13.8. The van der Waals surface area contributed by atoms with Crippen molar-refractivity contribution in [1.82, 2.24) is 25.3 Å². The first kappa shape index (κ1) is 16.0. The van der Waals surface area contributed by atoms with Crippen LogP contribution in [0.25, 0.3) is 0 Å². The van der Waals surface area contributed by atoms with Gasteiger partial charge >= 0.3 is 0 Å². The number of aromatic nitrogens is 4. The molecule has 23 heavy (non-hydrogen) atoms. The van der Waals surface area contributed by atoms with Gasteiger partial charge in [-0.2, -0.15) is 5.10 Å². The lowest BCUT2D eigenvalue weighted by molar-refractivity contribution is -0.0241. The first-order chi connectivity index (χ1) is 11.3. The number of ether oxygens (including phenoxy) is 2. The fourth-order valence-electron chi connectivity index (χ4n) is 2.34. The molecule has 0 bridgehead atoms. The number of rotatable bonds is 7. The second-order valence-corrected chi connectivity index (χ2v) is 6.14. The summed E-state index contributed by atoms with van der Waals surface area (Å²) in [4.78, 5) is 2.32. The van der Waals surface area contributed by atoms with Crippen LogP contribution in [0, 0.1) is 0 Å². The zero-order valence-electron chi connectivity index (χ0n) is 13.0. The van der Waals surface area contributed by atoms with E-state index < -0.39 is 0 Å². The van der Waals surface area contributed by atoms with Gasteiger partial charge in [-0.25, -0.2) is 0 Å². The molecule has 0 saturated carbocycles. The Morgan fingerprint density at radius 1 is 1.43 bits per heavy atom. The van der Waals surface area contributed by atoms with Crippen LogP contribution in [0.15, 0.2) is 18.3 Å². The highest BCUT2D eigenvalue weighted by Gasteiger charge is 2.21. The second-order valence-electron chi connectivity index (χ2n) is 5.11. The quantitative estimate of drug-likeness (QED) is 0.803. The van der Waals surface area contributed by atoms with Crippen molar-refractivity contribution in [3.05, 3.63) is 23.3 Å². The molecule has 0 aliphatic carbocycles. The van der Waals surface area contributed by atoms with Crippen molar-refractivity contribution >= 4 is 17.2 Å². The summed E-state index contributed by atoms with van der Waals surface area (Å²) in [6.45, 7) is 6.48. The maximum absolute atomic E-state index is 5.80. The van der Waals surface area contributed by atoms with Crippen LogP contribution in [-0.4, -0.2) is 64.2 Å². The normalized spacial score (nSPS) is 18.7. The molecule has 0 radical (unpaired) electrons. The summed E-state index contributed by atoms with van der Waals surface area (Å²) < 4.78 is 11.2. The number of hydrogen-bond donors (Lipinski definition) is 1. The fraction of sp³-hybridized carbons (Fsp3) is 0.571. The van der Waals surface area contributed by atoms with E-state index in [1.54, 1.807) is 6.20 Å². The lowest BCUT2D eigenvalue weighted by atomic mass is 10.2. The topological polar surface area (TPSA) is 85.3 Å². The average molecular weight is 336 g/mol. The number of nitrogens with one attached hydrogen (secondary N) is 1. The molecule has 0 amide bonds. The fourth-order valence-corrected chi connectivity index (χ4v) is 3.13. The highest BCUT2D eigenvalue weighted by molar-refractivity contribution is 7.13. The minimum absolute atomic E-state index is 0.116. The lowest BCUT2D eigenvalue weighted by Gasteiger charge is -2.32. The molecule has 3 heterocycles. The van der Waals surface area contributed by atoms with Gasteiger partial charge in [0, 0.05) is 25.8 Å². The molecule has 9 heteroatoms. The molecule has 1 N–H and O–H groups in total. The van der Waals surface area contributed by atoms with Gasteiger partial charge in [-0.05, 0) is 19.1 Å². The van der Waals surface area contributed by atoms with Crippen LogP contribution < -0.4 is 10.1 Å². The van der Waals surface area contributed by atoms with Crippen LogP contribution in [0.3, 0.4) is 0 Å². The Morgan fingerprint density at radius 3 is 3.22 bits per heavy atom. The predicted molar refractivity (Wildman–Crippen MR) is 86.6 cm³/mol. The highest BCUT2D eigenvalue weighted by atomic mass is 32.1. The lowest BCUT2D eigenvalue weighted by Crippen LogP contribution is -2.44. The highest BCUT2D eigenvalue weighted by Crippen LogP contribution is 2.20. The molecule has 2 aromatic rings. The summed E-state index contributed by atoms with van der Waals surface area (Å²) >= 11 is 1.50. The van der Waals surface area contributed by atoms with E-state index in [1.807, 2.05) is 19.1 Å². The number of morpholine rings is 1. The summed E-state index contributed by atoms with van der Waals surface area (Å²) in [5, 5.41) is 20.9. The zero-order chi connectivity index (χ0) is 15.9. The van der Waals surface area contributed by atoms with Crippen molar-refractivity contribution in [2.24, 2.45) is 0 Å². The summed E-state index contributed by atoms with van der Waals surface area (Å²) in [5.41, 5.74) is 0. The van der Waals surface area contributed by atoms with Gasteiger partial charge in [-0.1, -0.05) is 11.3 Å². The molecule has 0 unspecified atom stereocenters. The van der Waals surface area contributed by atoms with Crippen LogP contribution in [0.2, 0.25) is 0 Å². The molecule has 3 rings (SSSR count). The van der Waals surface area contributed by atoms with E-state index in [9.17, 15) is 0 Å². The molecule has 1 saturated heterocycles. The van der Waals surface area contributed by atoms with E-state index in [4.69, 9.17) is 9.47 Å². The van der Waals surface area contributed by atoms with Gasteiger partial charge in [0.15, 0.2) is 0 Å². The van der Waals surface area contributed by atoms with Crippen molar-refractivity contribution < 1.29 is 9.47 Å². The molecule has 1 aliphatic heterocycles. The van der Waals surface area contributed by atoms with Crippen molar-refractivity contribution in [3.63, 3.8) is 0 Å². The van der Waals surface area contributed by atoms with Crippen LogP contribution in [0.5, 0.6) is 5.19 Å². The van der Waals surface area contributed by atoms with Gasteiger partial charge < -0.3 is 14.8 Å². The standard InChI is InChI=1S/C14H20N6O2S/c1-2-21-14-19-18-13(23-14)10-20-6-7-22-11(9-20)8-15-12-4-3-5-16-17-12/h3-5,11H,2,6-10H2,1H3,(H,15,17)/t11-/m1/s1. The monoisotopic (exact) mass is 336 g/mol. The van der Waals surface area contributed by atoms with Gasteiger partial charge in [0.2, 0.25) is 0 Å². The van der Waals surface area contributed by atoms with Gasteiger partial charge in [0.1, 0.15) is 10.8 Å². The van der Waals surface area contributed by atoms with Crippen LogP contribution in [0.4, 0.5) is 5.82 Å². The number of anilines is 1. The summed E-state index contributed by atoms with van der Waals surface area (Å²) in [5.74, 6) is 0.763. The van der Waals surface area contributed by atoms with Crippen molar-refractivity contribution in [2.75, 3.05) is 38.2 Å². The van der Waals surface area contributed by atoms with Gasteiger partial charge in [0.25, 0.3) is 5.19 Å². The van der Waals surface area contributed by atoms with E-state index in [1.165, 1.54) is 11.3 Å². The van der Waals surface area contributed by atoms with E-state index in [-0.39, 0.29) is 6.10 Å². The first-order valence-electron chi connectivity index (χ1n) is 7.64. The summed E-state index contributed by atoms with van der Waals surface area (Å²) in [6.07, 6.45) is 1.77. The summed E-state index contributed by atoms with van der Waals surface area (Å²) in [7, 11) is 0. The maximum Gasteiger partial charge on any atom is 0.294 e. The third kappa shape index (κ3) is 4.81. The molecule has 8 nitrogen and oxygen atoms in total. The Labute approximate surface area is 138 Å². The predicted octanol–water partition coefficient (Wildman–Crippen LogP) is 1.04. The molecule has 0 spiro atoms. The van der Waals surface area contributed by atoms with Crippen LogP contribution in [-0.2, 0) is 11.3 Å². The van der Waals surface area contributed by atoms with E-state index in [0.717, 1.165) is 30.5 Å². The summed E-state index contributed by atoms with van der Waals surface area (Å²) in [6, 6.07) is 3.75. The Kier molecular flexibility index (Phi) is 5.67. The molecular weight excluding hydrogens is 316 g/mol. The molecule has 1 aliphatic rings. The Hall–Kier alpha value is -1.84. The van der Waals surface area contributed by atoms with Crippen molar-refractivity contribution in [1.29, 1.82) is 0 Å². The third-order valence-corrected chi connectivity index (χ3v) is 4.20. The minimum Gasteiger partial charge on any atom is -0.469 e. The van der Waals surface area contributed by atoms with E-state index >= 15 is 0 Å². The third-order valence-electron chi connectivity index (χ3n) is 3.38. The second kappa shape index (κ2) is 8.14. The Balaban J connectivity index is 1.47. The van der Waals surface area contributed by atoms with E-state index in [2.05, 4.69) is 30.6 Å². The number of nitrogens with zero attached hydrogens (tertiary/aromatic N) is 5. The van der Waals surface area contributed by atoms with Crippen molar-refractivity contribution in [2.45, 2.75) is 19.6 Å². The Morgan fingerprint density at radius 2 is 2.39 bits per heavy atom. The van der Waals surface area contributed by atoms with E-state index in [0.29, 0.717) is 25.0 Å². The molecule has 124 valence electrons. The SMILES string of the molecule is CCOc1nnc(CN2CCO[C@H](CNc3cccnn3)C2)s1. The minimum atomic E-state index is 0.116. The average Bonchev–Trinajstić information content (AvgIpc) is 3.02. The van der Waals surface area contributed by atoms with Crippen LogP contribution in [0.1, 0.15) is 11.9 Å². The van der Waals surface area contributed by atoms with Gasteiger partial charge in [0.05, 0.1) is 25.9 Å². The molecular formula is C14H20N6O2S. The van der Waals surface area contributed by atoms with Crippen molar-refractivity contribution in [3.8, 4) is 5.19 Å².